The van der Waals surface area contributed by atoms with E-state index in [0.29, 0.717) is 17.5 Å². The van der Waals surface area contributed by atoms with Gasteiger partial charge in [-0.3, -0.25) is 0 Å². The second-order valence-electron chi connectivity index (χ2n) is 5.35. The molecule has 2 unspecified atom stereocenters. The minimum Gasteiger partial charge on any atom is -0.392 e. The number of nitrogens with zero attached hydrogens (tertiary/aromatic N) is 4. The molecule has 0 radical (unpaired) electrons. The van der Waals surface area contributed by atoms with E-state index in [1.54, 1.807) is 12.4 Å². The van der Waals surface area contributed by atoms with Crippen molar-refractivity contribution in [2.45, 2.75) is 51.0 Å². The van der Waals surface area contributed by atoms with Crippen LogP contribution in [0.2, 0.25) is 0 Å². The Balaban J connectivity index is 1.83. The van der Waals surface area contributed by atoms with Crippen molar-refractivity contribution >= 4 is 0 Å². The molecule has 20 heavy (non-hydrogen) atoms. The van der Waals surface area contributed by atoms with Crippen LogP contribution in [0.4, 0.5) is 0 Å². The third-order valence-corrected chi connectivity index (χ3v) is 3.72. The van der Waals surface area contributed by atoms with Gasteiger partial charge in [0.05, 0.1) is 12.0 Å². The highest BCUT2D eigenvalue weighted by molar-refractivity contribution is 5.41. The van der Waals surface area contributed by atoms with Gasteiger partial charge in [0.1, 0.15) is 0 Å². The lowest BCUT2D eigenvalue weighted by molar-refractivity contribution is 0.119. The van der Waals surface area contributed by atoms with Gasteiger partial charge in [0, 0.05) is 12.4 Å². The Hall–Kier alpha value is -1.82. The van der Waals surface area contributed by atoms with Crippen LogP contribution >= 0.6 is 0 Å². The second-order valence-corrected chi connectivity index (χ2v) is 5.35. The SMILES string of the molecule is Cc1cnc(-c2noc(C3CCCCCC3O)n2)nc1. The first-order valence-corrected chi connectivity index (χ1v) is 7.05. The molecular formula is C14H18N4O2. The zero-order chi connectivity index (χ0) is 13.9. The van der Waals surface area contributed by atoms with Crippen molar-refractivity contribution in [2.24, 2.45) is 0 Å². The van der Waals surface area contributed by atoms with Crippen LogP contribution in [-0.2, 0) is 0 Å². The molecule has 2 aromatic heterocycles. The number of aliphatic hydroxyl groups is 1. The zero-order valence-corrected chi connectivity index (χ0v) is 11.5. The van der Waals surface area contributed by atoms with Crippen molar-refractivity contribution in [3.05, 3.63) is 23.8 Å². The summed E-state index contributed by atoms with van der Waals surface area (Å²) < 4.78 is 5.31. The van der Waals surface area contributed by atoms with Crippen molar-refractivity contribution < 1.29 is 9.63 Å². The van der Waals surface area contributed by atoms with Gasteiger partial charge in [-0.2, -0.15) is 4.98 Å². The predicted octanol–water partition coefficient (Wildman–Crippen LogP) is 2.24. The lowest BCUT2D eigenvalue weighted by atomic mass is 9.97. The number of aliphatic hydroxyl groups excluding tert-OH is 1. The third kappa shape index (κ3) is 2.70. The Bertz CT molecular complexity index is 567. The molecule has 0 aromatic carbocycles. The summed E-state index contributed by atoms with van der Waals surface area (Å²) in [5, 5.41) is 14.1. The quantitative estimate of drug-likeness (QED) is 0.845. The first-order valence-electron chi connectivity index (χ1n) is 7.05. The van der Waals surface area contributed by atoms with Crippen LogP contribution in [0.5, 0.6) is 0 Å². The molecule has 3 rings (SSSR count). The van der Waals surface area contributed by atoms with Gasteiger partial charge in [0.2, 0.25) is 17.5 Å². The first kappa shape index (κ1) is 13.2. The van der Waals surface area contributed by atoms with E-state index in [0.717, 1.165) is 37.7 Å². The van der Waals surface area contributed by atoms with Crippen LogP contribution in [0, 0.1) is 6.92 Å². The number of rotatable bonds is 2. The molecule has 1 fully saturated rings. The highest BCUT2D eigenvalue weighted by atomic mass is 16.5. The van der Waals surface area contributed by atoms with E-state index < -0.39 is 6.10 Å². The van der Waals surface area contributed by atoms with E-state index in [9.17, 15) is 5.11 Å². The van der Waals surface area contributed by atoms with E-state index in [-0.39, 0.29) is 5.92 Å². The van der Waals surface area contributed by atoms with Gasteiger partial charge in [-0.25, -0.2) is 9.97 Å². The average molecular weight is 274 g/mol. The number of aryl methyl sites for hydroxylation is 1. The van der Waals surface area contributed by atoms with Crippen LogP contribution in [0.1, 0.15) is 49.5 Å². The van der Waals surface area contributed by atoms with Gasteiger partial charge in [0.15, 0.2) is 0 Å². The Morgan fingerprint density at radius 1 is 1.10 bits per heavy atom. The standard InChI is InChI=1S/C14H18N4O2/c1-9-7-15-12(16-8-9)13-17-14(20-18-13)10-5-3-2-4-6-11(10)19/h7-8,10-11,19H,2-6H2,1H3. The van der Waals surface area contributed by atoms with Crippen LogP contribution in [0.25, 0.3) is 11.6 Å². The summed E-state index contributed by atoms with van der Waals surface area (Å²) in [7, 11) is 0. The highest BCUT2D eigenvalue weighted by Gasteiger charge is 2.28. The van der Waals surface area contributed by atoms with Crippen molar-refractivity contribution in [1.29, 1.82) is 0 Å². The van der Waals surface area contributed by atoms with Crippen molar-refractivity contribution in [3.63, 3.8) is 0 Å². The summed E-state index contributed by atoms with van der Waals surface area (Å²) in [5.74, 6) is 1.27. The summed E-state index contributed by atoms with van der Waals surface area (Å²) in [6.45, 7) is 1.92. The predicted molar refractivity (Wildman–Crippen MR) is 71.9 cm³/mol. The molecule has 0 amide bonds. The molecular weight excluding hydrogens is 256 g/mol. The average Bonchev–Trinajstić information content (AvgIpc) is 2.83. The molecule has 0 spiro atoms. The highest BCUT2D eigenvalue weighted by Crippen LogP contribution is 2.31. The van der Waals surface area contributed by atoms with Crippen LogP contribution in [0.3, 0.4) is 0 Å². The monoisotopic (exact) mass is 274 g/mol. The molecule has 1 aliphatic carbocycles. The van der Waals surface area contributed by atoms with E-state index in [4.69, 9.17) is 4.52 Å². The van der Waals surface area contributed by atoms with Gasteiger partial charge >= 0.3 is 0 Å². The molecule has 2 heterocycles. The largest absolute Gasteiger partial charge is 0.392 e. The first-order chi connectivity index (χ1) is 9.74. The zero-order valence-electron chi connectivity index (χ0n) is 11.5. The fraction of sp³-hybridized carbons (Fsp3) is 0.571. The lowest BCUT2D eigenvalue weighted by Crippen LogP contribution is -2.17. The van der Waals surface area contributed by atoms with Gasteiger partial charge < -0.3 is 9.63 Å². The molecule has 6 nitrogen and oxygen atoms in total. The molecule has 106 valence electrons. The fourth-order valence-electron chi connectivity index (χ4n) is 2.56. The topological polar surface area (TPSA) is 84.9 Å². The molecule has 2 atom stereocenters. The molecule has 0 saturated heterocycles. The molecule has 0 bridgehead atoms. The molecule has 1 saturated carbocycles. The minimum absolute atomic E-state index is 0.0656. The normalized spacial score (nSPS) is 23.5. The fourth-order valence-corrected chi connectivity index (χ4v) is 2.56. The van der Waals surface area contributed by atoms with Gasteiger partial charge in [0.25, 0.3) is 0 Å². The van der Waals surface area contributed by atoms with Gasteiger partial charge in [-0.1, -0.05) is 24.4 Å². The van der Waals surface area contributed by atoms with E-state index >= 15 is 0 Å². The Kier molecular flexibility index (Phi) is 3.73. The van der Waals surface area contributed by atoms with Crippen LogP contribution < -0.4 is 0 Å². The van der Waals surface area contributed by atoms with Gasteiger partial charge in [-0.15, -0.1) is 0 Å². The molecule has 1 aliphatic rings. The lowest BCUT2D eigenvalue weighted by Gasteiger charge is -2.15. The van der Waals surface area contributed by atoms with Gasteiger partial charge in [-0.05, 0) is 25.3 Å². The smallest absolute Gasteiger partial charge is 0.240 e. The summed E-state index contributed by atoms with van der Waals surface area (Å²) in [6, 6.07) is 0. The van der Waals surface area contributed by atoms with E-state index in [2.05, 4.69) is 20.1 Å². The minimum atomic E-state index is -0.398. The van der Waals surface area contributed by atoms with Crippen molar-refractivity contribution in [3.8, 4) is 11.6 Å². The molecule has 0 aliphatic heterocycles. The summed E-state index contributed by atoms with van der Waals surface area (Å²) in [4.78, 5) is 12.7. The molecule has 6 heteroatoms. The van der Waals surface area contributed by atoms with Crippen LogP contribution in [-0.4, -0.2) is 31.3 Å². The molecule has 1 N–H and O–H groups in total. The maximum Gasteiger partial charge on any atom is 0.240 e. The van der Waals surface area contributed by atoms with E-state index in [1.807, 2.05) is 6.92 Å². The number of hydrogen-bond donors (Lipinski definition) is 1. The Labute approximate surface area is 117 Å². The second kappa shape index (κ2) is 5.66. The number of aromatic nitrogens is 4. The summed E-state index contributed by atoms with van der Waals surface area (Å²) >= 11 is 0. The Morgan fingerprint density at radius 2 is 1.85 bits per heavy atom. The molecule has 2 aromatic rings. The van der Waals surface area contributed by atoms with Crippen molar-refractivity contribution in [2.75, 3.05) is 0 Å². The maximum atomic E-state index is 10.2. The van der Waals surface area contributed by atoms with Crippen LogP contribution in [0.15, 0.2) is 16.9 Å². The third-order valence-electron chi connectivity index (χ3n) is 3.72. The van der Waals surface area contributed by atoms with Crippen molar-refractivity contribution in [1.82, 2.24) is 20.1 Å². The summed E-state index contributed by atoms with van der Waals surface area (Å²) in [6.07, 6.45) is 8.01. The number of hydrogen-bond acceptors (Lipinski definition) is 6. The summed E-state index contributed by atoms with van der Waals surface area (Å²) in [5.41, 5.74) is 0.983. The Morgan fingerprint density at radius 3 is 2.65 bits per heavy atom. The maximum absolute atomic E-state index is 10.2. The van der Waals surface area contributed by atoms with E-state index in [1.165, 1.54) is 0 Å².